The highest BCUT2D eigenvalue weighted by Crippen LogP contribution is 2.02. The lowest BCUT2D eigenvalue weighted by Crippen LogP contribution is -2.44. The van der Waals surface area contributed by atoms with Crippen LogP contribution in [-0.2, 0) is 6.42 Å². The minimum absolute atomic E-state index is 0.663. The summed E-state index contributed by atoms with van der Waals surface area (Å²) >= 11 is 0. The van der Waals surface area contributed by atoms with Crippen LogP contribution in [0.1, 0.15) is 5.56 Å². The average Bonchev–Trinajstić information content (AvgIpc) is 2.85. The Morgan fingerprint density at radius 3 is 3.00 bits per heavy atom. The van der Waals surface area contributed by atoms with Gasteiger partial charge in [-0.1, -0.05) is 0 Å². The van der Waals surface area contributed by atoms with Gasteiger partial charge in [-0.25, -0.2) is 9.50 Å². The number of fused-ring (bicyclic) bond motifs is 1. The molecule has 3 heterocycles. The fourth-order valence-corrected chi connectivity index (χ4v) is 2.11. The first-order chi connectivity index (χ1) is 8.42. The predicted molar refractivity (Wildman–Crippen MR) is 63.8 cm³/mol. The van der Waals surface area contributed by atoms with Gasteiger partial charge in [0, 0.05) is 45.1 Å². The number of nitrogens with one attached hydrogen (secondary N) is 1. The second-order valence-electron chi connectivity index (χ2n) is 4.31. The Hall–Kier alpha value is -1.53. The third kappa shape index (κ3) is 2.42. The van der Waals surface area contributed by atoms with Crippen LogP contribution in [-0.4, -0.2) is 57.2 Å². The van der Waals surface area contributed by atoms with E-state index in [2.05, 4.69) is 25.3 Å². The SMILES string of the molecule is c1nc2ncc(CCN3CCNCC3)cn2n1. The largest absolute Gasteiger partial charge is 0.314 e. The van der Waals surface area contributed by atoms with Crippen molar-refractivity contribution < 1.29 is 0 Å². The van der Waals surface area contributed by atoms with Crippen LogP contribution in [0.25, 0.3) is 5.78 Å². The summed E-state index contributed by atoms with van der Waals surface area (Å²) in [7, 11) is 0. The van der Waals surface area contributed by atoms with Gasteiger partial charge in [-0.15, -0.1) is 0 Å². The third-order valence-electron chi connectivity index (χ3n) is 3.11. The third-order valence-corrected chi connectivity index (χ3v) is 3.11. The second-order valence-corrected chi connectivity index (χ2v) is 4.31. The highest BCUT2D eigenvalue weighted by molar-refractivity contribution is 5.25. The fraction of sp³-hybridized carbons (Fsp3) is 0.545. The standard InChI is InChI=1S/C11H16N6/c1(4-16-5-2-12-3-6-16)10-7-13-11-14-9-15-17(11)8-10/h7-9,12H,1-6H2. The molecule has 17 heavy (non-hydrogen) atoms. The molecule has 2 aromatic rings. The van der Waals surface area contributed by atoms with Crippen LogP contribution in [0.2, 0.25) is 0 Å². The zero-order valence-electron chi connectivity index (χ0n) is 9.71. The van der Waals surface area contributed by atoms with Gasteiger partial charge in [0.05, 0.1) is 0 Å². The van der Waals surface area contributed by atoms with Crippen LogP contribution in [0, 0.1) is 0 Å². The lowest BCUT2D eigenvalue weighted by molar-refractivity contribution is 0.243. The molecule has 6 nitrogen and oxygen atoms in total. The van der Waals surface area contributed by atoms with Crippen molar-refractivity contribution in [2.75, 3.05) is 32.7 Å². The molecule has 0 atom stereocenters. The van der Waals surface area contributed by atoms with Crippen molar-refractivity contribution in [3.63, 3.8) is 0 Å². The molecule has 1 aliphatic rings. The predicted octanol–water partition coefficient (Wildman–Crippen LogP) is -0.428. The van der Waals surface area contributed by atoms with Gasteiger partial charge in [0.25, 0.3) is 5.78 Å². The zero-order valence-corrected chi connectivity index (χ0v) is 9.71. The van der Waals surface area contributed by atoms with Crippen LogP contribution in [0.5, 0.6) is 0 Å². The van der Waals surface area contributed by atoms with E-state index in [9.17, 15) is 0 Å². The van der Waals surface area contributed by atoms with E-state index in [4.69, 9.17) is 0 Å². The summed E-state index contributed by atoms with van der Waals surface area (Å²) in [6.45, 7) is 5.56. The van der Waals surface area contributed by atoms with E-state index in [1.165, 1.54) is 11.9 Å². The Bertz CT molecular complexity index is 487. The number of hydrogen-bond acceptors (Lipinski definition) is 5. The molecular formula is C11H16N6. The Labute approximate surface area is 99.7 Å². The number of aromatic nitrogens is 4. The van der Waals surface area contributed by atoms with Crippen molar-refractivity contribution in [1.82, 2.24) is 29.8 Å². The van der Waals surface area contributed by atoms with Gasteiger partial charge in [0.2, 0.25) is 0 Å². The molecule has 2 aromatic heterocycles. The number of rotatable bonds is 3. The summed E-state index contributed by atoms with van der Waals surface area (Å²) in [5.74, 6) is 0.663. The van der Waals surface area contributed by atoms with Crippen LogP contribution in [0.3, 0.4) is 0 Å². The van der Waals surface area contributed by atoms with Gasteiger partial charge in [-0.05, 0) is 12.0 Å². The molecule has 1 saturated heterocycles. The molecule has 0 saturated carbocycles. The Morgan fingerprint density at radius 1 is 1.24 bits per heavy atom. The van der Waals surface area contributed by atoms with E-state index >= 15 is 0 Å². The molecule has 0 bridgehead atoms. The summed E-state index contributed by atoms with van der Waals surface area (Å²) in [5, 5.41) is 7.45. The lowest BCUT2D eigenvalue weighted by atomic mass is 10.2. The highest BCUT2D eigenvalue weighted by Gasteiger charge is 2.09. The number of nitrogens with zero attached hydrogens (tertiary/aromatic N) is 5. The summed E-state index contributed by atoms with van der Waals surface area (Å²) < 4.78 is 1.73. The summed E-state index contributed by atoms with van der Waals surface area (Å²) in [6.07, 6.45) is 6.45. The minimum Gasteiger partial charge on any atom is -0.314 e. The summed E-state index contributed by atoms with van der Waals surface area (Å²) in [5.41, 5.74) is 1.21. The Morgan fingerprint density at radius 2 is 2.12 bits per heavy atom. The summed E-state index contributed by atoms with van der Waals surface area (Å²) in [6, 6.07) is 0. The van der Waals surface area contributed by atoms with E-state index in [0.717, 1.165) is 39.1 Å². The van der Waals surface area contributed by atoms with Crippen LogP contribution in [0.15, 0.2) is 18.7 Å². The maximum Gasteiger partial charge on any atom is 0.252 e. The van der Waals surface area contributed by atoms with E-state index in [0.29, 0.717) is 5.78 Å². The molecular weight excluding hydrogens is 216 g/mol. The molecule has 0 unspecified atom stereocenters. The van der Waals surface area contributed by atoms with Crippen molar-refractivity contribution in [1.29, 1.82) is 0 Å². The molecule has 1 aliphatic heterocycles. The topological polar surface area (TPSA) is 58.4 Å². The second kappa shape index (κ2) is 4.77. The molecule has 0 radical (unpaired) electrons. The van der Waals surface area contributed by atoms with Crippen LogP contribution >= 0.6 is 0 Å². The zero-order chi connectivity index (χ0) is 11.5. The first-order valence-electron chi connectivity index (χ1n) is 5.99. The quantitative estimate of drug-likeness (QED) is 0.778. The lowest BCUT2D eigenvalue weighted by Gasteiger charge is -2.26. The van der Waals surface area contributed by atoms with Crippen molar-refractivity contribution in [3.05, 3.63) is 24.3 Å². The number of piperazine rings is 1. The molecule has 1 fully saturated rings. The monoisotopic (exact) mass is 232 g/mol. The van der Waals surface area contributed by atoms with Gasteiger partial charge in [0.1, 0.15) is 6.33 Å². The molecule has 0 amide bonds. The Kier molecular flexibility index (Phi) is 2.98. The molecule has 0 aliphatic carbocycles. The minimum atomic E-state index is 0.663. The van der Waals surface area contributed by atoms with Crippen molar-refractivity contribution >= 4 is 5.78 Å². The maximum atomic E-state index is 4.26. The molecule has 3 rings (SSSR count). The van der Waals surface area contributed by atoms with Crippen molar-refractivity contribution in [2.24, 2.45) is 0 Å². The van der Waals surface area contributed by atoms with Gasteiger partial charge >= 0.3 is 0 Å². The first kappa shape index (κ1) is 10.6. The molecule has 0 aromatic carbocycles. The van der Waals surface area contributed by atoms with Gasteiger partial charge < -0.3 is 10.2 Å². The normalized spacial score (nSPS) is 17.6. The molecule has 6 heteroatoms. The Balaban J connectivity index is 1.63. The van der Waals surface area contributed by atoms with E-state index in [1.54, 1.807) is 4.52 Å². The number of hydrogen-bond donors (Lipinski definition) is 1. The molecule has 1 N–H and O–H groups in total. The van der Waals surface area contributed by atoms with Crippen LogP contribution in [0.4, 0.5) is 0 Å². The van der Waals surface area contributed by atoms with Crippen molar-refractivity contribution in [3.8, 4) is 0 Å². The van der Waals surface area contributed by atoms with E-state index in [-0.39, 0.29) is 0 Å². The van der Waals surface area contributed by atoms with Crippen LogP contribution < -0.4 is 5.32 Å². The van der Waals surface area contributed by atoms with Gasteiger partial charge in [-0.3, -0.25) is 0 Å². The average molecular weight is 232 g/mol. The fourth-order valence-electron chi connectivity index (χ4n) is 2.11. The van der Waals surface area contributed by atoms with E-state index < -0.39 is 0 Å². The van der Waals surface area contributed by atoms with Gasteiger partial charge in [0.15, 0.2) is 0 Å². The van der Waals surface area contributed by atoms with Gasteiger partial charge in [-0.2, -0.15) is 10.1 Å². The first-order valence-corrected chi connectivity index (χ1v) is 5.99. The summed E-state index contributed by atoms with van der Waals surface area (Å²) in [4.78, 5) is 10.8. The maximum absolute atomic E-state index is 4.26. The van der Waals surface area contributed by atoms with Crippen molar-refractivity contribution in [2.45, 2.75) is 6.42 Å². The molecule has 90 valence electrons. The smallest absolute Gasteiger partial charge is 0.252 e. The highest BCUT2D eigenvalue weighted by atomic mass is 15.3. The molecule has 0 spiro atoms. The van der Waals surface area contributed by atoms with E-state index in [1.807, 2.05) is 12.4 Å².